The maximum absolute atomic E-state index is 14.7. The quantitative estimate of drug-likeness (QED) is 0.160. The zero-order valence-electron chi connectivity index (χ0n) is 27.9. The first kappa shape index (κ1) is 34.8. The zero-order chi connectivity index (χ0) is 33.7. The van der Waals surface area contributed by atoms with Crippen LogP contribution in [0.1, 0.15) is 99.9 Å². The molecule has 3 heterocycles. The van der Waals surface area contributed by atoms with E-state index in [1.165, 1.54) is 11.3 Å². The highest BCUT2D eigenvalue weighted by atomic mass is 79.9. The summed E-state index contributed by atoms with van der Waals surface area (Å²) >= 11 is 4.79. The van der Waals surface area contributed by atoms with Crippen molar-refractivity contribution in [3.8, 4) is 10.4 Å². The number of rotatable bonds is 16. The van der Waals surface area contributed by atoms with Gasteiger partial charge in [-0.1, -0.05) is 119 Å². The lowest BCUT2D eigenvalue weighted by molar-refractivity contribution is -0.124. The van der Waals surface area contributed by atoms with Crippen molar-refractivity contribution in [2.45, 2.75) is 79.1 Å². The van der Waals surface area contributed by atoms with Crippen LogP contribution in [0.5, 0.6) is 0 Å². The minimum Gasteiger partial charge on any atom is -0.477 e. The number of thiophene rings is 1. The zero-order valence-corrected chi connectivity index (χ0v) is 30.3. The maximum atomic E-state index is 14.7. The highest BCUT2D eigenvalue weighted by Gasteiger charge is 2.49. The van der Waals surface area contributed by atoms with Crippen molar-refractivity contribution < 1.29 is 19.5 Å². The third kappa shape index (κ3) is 7.34. The summed E-state index contributed by atoms with van der Waals surface area (Å²) in [5.74, 6) is -0.501. The van der Waals surface area contributed by atoms with Crippen LogP contribution in [0.2, 0.25) is 0 Å². The molecule has 2 atom stereocenters. The van der Waals surface area contributed by atoms with Gasteiger partial charge in [0, 0.05) is 22.4 Å². The fourth-order valence-electron chi connectivity index (χ4n) is 6.70. The molecule has 5 rings (SSSR count). The van der Waals surface area contributed by atoms with E-state index in [0.717, 1.165) is 83.1 Å². The molecule has 2 aliphatic heterocycles. The Morgan fingerprint density at radius 2 is 1.15 bits per heavy atom. The second kappa shape index (κ2) is 15.6. The summed E-state index contributed by atoms with van der Waals surface area (Å²) in [6.45, 7) is 9.87. The third-order valence-corrected chi connectivity index (χ3v) is 11.2. The number of benzene rings is 2. The molecule has 0 saturated heterocycles. The van der Waals surface area contributed by atoms with E-state index in [1.54, 1.807) is 6.07 Å². The average molecular weight is 718 g/mol. The molecule has 0 radical (unpaired) electrons. The smallest absolute Gasteiger partial charge is 0.345 e. The second-order valence-corrected chi connectivity index (χ2v) is 14.7. The number of hydrogen-bond donors (Lipinski definition) is 1. The van der Waals surface area contributed by atoms with E-state index in [9.17, 15) is 19.5 Å². The van der Waals surface area contributed by atoms with Crippen LogP contribution in [0.15, 0.2) is 76.3 Å². The van der Waals surface area contributed by atoms with Crippen LogP contribution in [0.3, 0.4) is 0 Å². The lowest BCUT2D eigenvalue weighted by Gasteiger charge is -2.29. The Morgan fingerprint density at radius 1 is 0.702 bits per heavy atom. The van der Waals surface area contributed by atoms with Gasteiger partial charge in [-0.3, -0.25) is 9.59 Å². The molecule has 0 spiro atoms. The van der Waals surface area contributed by atoms with Gasteiger partial charge in [0.1, 0.15) is 4.88 Å². The van der Waals surface area contributed by atoms with Gasteiger partial charge in [0.05, 0.1) is 22.5 Å². The maximum Gasteiger partial charge on any atom is 0.345 e. The summed E-state index contributed by atoms with van der Waals surface area (Å²) in [7, 11) is 0. The number of carboxylic acids is 1. The Labute approximate surface area is 291 Å². The number of aromatic carboxylic acids is 1. The Bertz CT molecular complexity index is 1670. The summed E-state index contributed by atoms with van der Waals surface area (Å²) in [4.78, 5) is 45.8. The van der Waals surface area contributed by atoms with Crippen molar-refractivity contribution in [1.82, 2.24) is 9.80 Å². The lowest BCUT2D eigenvalue weighted by Crippen LogP contribution is -2.34. The number of halogens is 1. The molecule has 1 aromatic heterocycles. The number of carbonyl (C=O) groups is 3. The van der Waals surface area contributed by atoms with Gasteiger partial charge < -0.3 is 14.9 Å². The third-order valence-electron chi connectivity index (χ3n) is 9.53. The number of unbranched alkanes of at least 4 members (excludes halogenated alkanes) is 2. The summed E-state index contributed by atoms with van der Waals surface area (Å²) in [6.07, 6.45) is 8.36. The molecule has 0 aliphatic carbocycles. The molecule has 248 valence electrons. The van der Waals surface area contributed by atoms with Crippen LogP contribution in [-0.2, 0) is 9.59 Å². The van der Waals surface area contributed by atoms with Crippen LogP contribution >= 0.6 is 27.3 Å². The summed E-state index contributed by atoms with van der Waals surface area (Å²) in [5.41, 5.74) is 5.00. The Balaban J connectivity index is 1.66. The molecule has 2 aliphatic rings. The van der Waals surface area contributed by atoms with Crippen LogP contribution < -0.4 is 0 Å². The number of fused-ring (bicyclic) bond motifs is 1. The van der Waals surface area contributed by atoms with Crippen molar-refractivity contribution in [3.05, 3.63) is 92.3 Å². The predicted molar refractivity (Wildman–Crippen MR) is 195 cm³/mol. The van der Waals surface area contributed by atoms with E-state index < -0.39 is 5.97 Å². The van der Waals surface area contributed by atoms with E-state index in [1.807, 2.05) is 64.4 Å². The number of hydrogen-bond acceptors (Lipinski definition) is 4. The minimum atomic E-state index is -0.941. The van der Waals surface area contributed by atoms with Gasteiger partial charge in [-0.25, -0.2) is 4.79 Å². The lowest BCUT2D eigenvalue weighted by atomic mass is 9.97. The Kier molecular flexibility index (Phi) is 11.6. The molecular formula is C39H45BrN2O4S. The molecule has 0 fully saturated rings. The highest BCUT2D eigenvalue weighted by Crippen LogP contribution is 2.48. The largest absolute Gasteiger partial charge is 0.477 e. The fraction of sp³-hybridized carbons (Fsp3) is 0.410. The van der Waals surface area contributed by atoms with E-state index in [4.69, 9.17) is 0 Å². The number of carboxylic acid groups (broad SMARTS) is 1. The second-order valence-electron chi connectivity index (χ2n) is 12.7. The number of nitrogens with zero attached hydrogens (tertiary/aromatic N) is 2. The molecule has 3 aromatic rings. The van der Waals surface area contributed by atoms with Gasteiger partial charge in [-0.15, -0.1) is 11.3 Å². The Morgan fingerprint density at radius 3 is 1.55 bits per heavy atom. The first-order chi connectivity index (χ1) is 22.7. The summed E-state index contributed by atoms with van der Waals surface area (Å²) in [6, 6.07) is 19.2. The van der Waals surface area contributed by atoms with Crippen LogP contribution in [0, 0.1) is 11.8 Å². The molecular weight excluding hydrogens is 672 g/mol. The standard InChI is InChI=1S/C39H45BrN2O4S/c1-5-9-11-25(7-3)23-41-35(28-15-13-27(14-16-28)31-21-22-32(47-31)39(45)46)33-34(38(41)44)36(29-17-19-30(40)20-18-29)42(37(33)43)24-26(8-4)12-10-6-2/h13-22,25-26H,5-12,23-24H2,1-4H3,(H,45,46). The molecule has 47 heavy (non-hydrogen) atoms. The van der Waals surface area contributed by atoms with Gasteiger partial charge >= 0.3 is 5.97 Å². The van der Waals surface area contributed by atoms with Gasteiger partial charge in [-0.2, -0.15) is 0 Å². The topological polar surface area (TPSA) is 77.9 Å². The average Bonchev–Trinajstić information content (AvgIpc) is 3.76. The van der Waals surface area contributed by atoms with Gasteiger partial charge in [0.15, 0.2) is 0 Å². The summed E-state index contributed by atoms with van der Waals surface area (Å²) in [5, 5.41) is 9.42. The first-order valence-electron chi connectivity index (χ1n) is 17.0. The molecule has 0 bridgehead atoms. The fourth-order valence-corrected chi connectivity index (χ4v) is 7.82. The van der Waals surface area contributed by atoms with Crippen molar-refractivity contribution >= 4 is 56.4 Å². The van der Waals surface area contributed by atoms with Crippen molar-refractivity contribution in [2.24, 2.45) is 11.8 Å². The number of carbonyl (C=O) groups excluding carboxylic acids is 2. The van der Waals surface area contributed by atoms with E-state index in [0.29, 0.717) is 41.8 Å². The monoisotopic (exact) mass is 716 g/mol. The van der Waals surface area contributed by atoms with E-state index in [-0.39, 0.29) is 16.7 Å². The molecule has 2 unspecified atom stereocenters. The van der Waals surface area contributed by atoms with E-state index in [2.05, 4.69) is 43.6 Å². The molecule has 6 nitrogen and oxygen atoms in total. The molecule has 8 heteroatoms. The molecule has 2 aromatic carbocycles. The first-order valence-corrected chi connectivity index (χ1v) is 18.7. The van der Waals surface area contributed by atoms with Crippen LogP contribution in [-0.4, -0.2) is 45.8 Å². The summed E-state index contributed by atoms with van der Waals surface area (Å²) < 4.78 is 0.941. The predicted octanol–water partition coefficient (Wildman–Crippen LogP) is 10.1. The van der Waals surface area contributed by atoms with Crippen LogP contribution in [0.25, 0.3) is 21.8 Å². The van der Waals surface area contributed by atoms with Gasteiger partial charge in [0.2, 0.25) is 0 Å². The number of amides is 2. The molecule has 0 saturated carbocycles. The SMILES string of the molecule is CCCCC(CC)CN1C(=O)C2=C(c3ccc(-c4ccc(C(=O)O)s4)cc3)N(CC(CC)CCCC)C(=O)C2=C1c1ccc(Br)cc1. The normalized spacial score (nSPS) is 16.0. The van der Waals surface area contributed by atoms with Crippen molar-refractivity contribution in [3.63, 3.8) is 0 Å². The Hall–Kier alpha value is -3.49. The van der Waals surface area contributed by atoms with Crippen molar-refractivity contribution in [1.29, 1.82) is 0 Å². The molecule has 2 amide bonds. The molecule has 1 N–H and O–H groups in total. The minimum absolute atomic E-state index is 0.103. The van der Waals surface area contributed by atoms with Crippen molar-refractivity contribution in [2.75, 3.05) is 13.1 Å². The van der Waals surface area contributed by atoms with Gasteiger partial charge in [-0.05, 0) is 65.6 Å². The highest BCUT2D eigenvalue weighted by molar-refractivity contribution is 9.10. The van der Waals surface area contributed by atoms with Crippen LogP contribution in [0.4, 0.5) is 0 Å². The van der Waals surface area contributed by atoms with Gasteiger partial charge in [0.25, 0.3) is 11.8 Å². The van der Waals surface area contributed by atoms with E-state index >= 15 is 0 Å².